The second kappa shape index (κ2) is 7.64. The summed E-state index contributed by atoms with van der Waals surface area (Å²) >= 11 is 0. The summed E-state index contributed by atoms with van der Waals surface area (Å²) in [4.78, 5) is 26.5. The Morgan fingerprint density at radius 3 is 2.68 bits per heavy atom. The summed E-state index contributed by atoms with van der Waals surface area (Å²) in [6.07, 6.45) is 2.44. The van der Waals surface area contributed by atoms with Crippen molar-refractivity contribution in [3.8, 4) is 17.2 Å². The molecule has 28 heavy (non-hydrogen) atoms. The highest BCUT2D eigenvalue weighted by Gasteiger charge is 2.32. The minimum Gasteiger partial charge on any atom is -0.486 e. The Kier molecular flexibility index (Phi) is 4.89. The van der Waals surface area contributed by atoms with E-state index < -0.39 is 6.10 Å². The number of ether oxygens (including phenoxy) is 3. The van der Waals surface area contributed by atoms with Crippen molar-refractivity contribution in [1.29, 1.82) is 0 Å². The summed E-state index contributed by atoms with van der Waals surface area (Å²) in [5, 5.41) is 2.57. The maximum atomic E-state index is 12.9. The molecule has 1 atom stereocenters. The number of hydrogen-bond acceptors (Lipinski definition) is 5. The molecule has 7 nitrogen and oxygen atoms in total. The number of benzene rings is 2. The van der Waals surface area contributed by atoms with Gasteiger partial charge in [0.15, 0.2) is 17.6 Å². The SMILES string of the molecule is CNC(=O)[C@H]1CN(C(=O)/C=C/c2ccc3c(c2)OCCO3)c2ccccc2O1. The molecule has 144 valence electrons. The van der Waals surface area contributed by atoms with Crippen LogP contribution in [0, 0.1) is 0 Å². The van der Waals surface area contributed by atoms with E-state index in [1.807, 2.05) is 24.3 Å². The molecule has 0 radical (unpaired) electrons. The van der Waals surface area contributed by atoms with E-state index in [9.17, 15) is 9.59 Å². The van der Waals surface area contributed by atoms with E-state index >= 15 is 0 Å². The third-order valence-corrected chi connectivity index (χ3v) is 4.56. The predicted molar refractivity (Wildman–Crippen MR) is 104 cm³/mol. The van der Waals surface area contributed by atoms with Crippen LogP contribution < -0.4 is 24.4 Å². The van der Waals surface area contributed by atoms with Crippen molar-refractivity contribution in [2.45, 2.75) is 6.10 Å². The number of amides is 2. The molecular weight excluding hydrogens is 360 g/mol. The molecule has 0 aliphatic carbocycles. The largest absolute Gasteiger partial charge is 0.486 e. The van der Waals surface area contributed by atoms with Crippen LogP contribution in [0.25, 0.3) is 6.08 Å². The molecule has 2 aromatic rings. The average Bonchev–Trinajstić information content (AvgIpc) is 2.75. The predicted octanol–water partition coefficient (Wildman–Crippen LogP) is 2.01. The first-order chi connectivity index (χ1) is 13.7. The first-order valence-corrected chi connectivity index (χ1v) is 9.02. The quantitative estimate of drug-likeness (QED) is 0.825. The Labute approximate surface area is 162 Å². The molecule has 2 heterocycles. The zero-order valence-electron chi connectivity index (χ0n) is 15.4. The lowest BCUT2D eigenvalue weighted by Crippen LogP contribution is -2.49. The number of anilines is 1. The first-order valence-electron chi connectivity index (χ1n) is 9.02. The first kappa shape index (κ1) is 17.9. The number of carbonyl (C=O) groups is 2. The molecule has 4 rings (SSSR count). The van der Waals surface area contributed by atoms with Crippen LogP contribution in [-0.2, 0) is 9.59 Å². The second-order valence-electron chi connectivity index (χ2n) is 6.37. The van der Waals surface area contributed by atoms with E-state index in [1.165, 1.54) is 6.08 Å². The highest BCUT2D eigenvalue weighted by molar-refractivity contribution is 6.05. The monoisotopic (exact) mass is 380 g/mol. The Balaban J connectivity index is 1.56. The number of fused-ring (bicyclic) bond motifs is 2. The van der Waals surface area contributed by atoms with Gasteiger partial charge in [0, 0.05) is 13.1 Å². The highest BCUT2D eigenvalue weighted by Crippen LogP contribution is 2.34. The number of carbonyl (C=O) groups excluding carboxylic acids is 2. The van der Waals surface area contributed by atoms with Crippen molar-refractivity contribution >= 4 is 23.6 Å². The fraction of sp³-hybridized carbons (Fsp3) is 0.238. The minimum atomic E-state index is -0.758. The maximum Gasteiger partial charge on any atom is 0.262 e. The number of likely N-dealkylation sites (N-methyl/N-ethyl adjacent to an activating group) is 1. The minimum absolute atomic E-state index is 0.140. The van der Waals surface area contributed by atoms with Crippen LogP contribution >= 0.6 is 0 Å². The molecule has 0 fully saturated rings. The van der Waals surface area contributed by atoms with Gasteiger partial charge in [-0.15, -0.1) is 0 Å². The van der Waals surface area contributed by atoms with Gasteiger partial charge in [-0.1, -0.05) is 18.2 Å². The summed E-state index contributed by atoms with van der Waals surface area (Å²) in [7, 11) is 1.54. The van der Waals surface area contributed by atoms with Crippen LogP contribution in [0.3, 0.4) is 0 Å². The van der Waals surface area contributed by atoms with Gasteiger partial charge in [-0.2, -0.15) is 0 Å². The van der Waals surface area contributed by atoms with Crippen molar-refractivity contribution in [3.05, 3.63) is 54.1 Å². The van der Waals surface area contributed by atoms with Crippen LogP contribution in [0.2, 0.25) is 0 Å². The fourth-order valence-electron chi connectivity index (χ4n) is 3.16. The van der Waals surface area contributed by atoms with E-state index in [-0.39, 0.29) is 18.4 Å². The normalized spacial score (nSPS) is 17.6. The van der Waals surface area contributed by atoms with Crippen molar-refractivity contribution in [2.75, 3.05) is 31.7 Å². The molecular formula is C21H20N2O5. The van der Waals surface area contributed by atoms with Crippen molar-refractivity contribution < 1.29 is 23.8 Å². The summed E-state index contributed by atoms with van der Waals surface area (Å²) in [5.74, 6) is 1.36. The summed E-state index contributed by atoms with van der Waals surface area (Å²) in [6.45, 7) is 1.18. The smallest absolute Gasteiger partial charge is 0.262 e. The van der Waals surface area contributed by atoms with Gasteiger partial charge in [-0.25, -0.2) is 0 Å². The van der Waals surface area contributed by atoms with Crippen LogP contribution in [0.15, 0.2) is 48.5 Å². The molecule has 2 aliphatic rings. The molecule has 2 aliphatic heterocycles. The zero-order chi connectivity index (χ0) is 19.5. The molecule has 2 aromatic carbocycles. The van der Waals surface area contributed by atoms with Gasteiger partial charge in [-0.05, 0) is 35.9 Å². The topological polar surface area (TPSA) is 77.1 Å². The summed E-state index contributed by atoms with van der Waals surface area (Å²) < 4.78 is 16.8. The number of rotatable bonds is 3. The lowest BCUT2D eigenvalue weighted by Gasteiger charge is -2.33. The molecule has 0 aromatic heterocycles. The molecule has 0 spiro atoms. The van der Waals surface area contributed by atoms with Gasteiger partial charge in [-0.3, -0.25) is 9.59 Å². The lowest BCUT2D eigenvalue weighted by molar-refractivity contribution is -0.127. The number of nitrogens with one attached hydrogen (secondary N) is 1. The molecule has 0 unspecified atom stereocenters. The number of hydrogen-bond donors (Lipinski definition) is 1. The van der Waals surface area contributed by atoms with Gasteiger partial charge in [0.25, 0.3) is 11.8 Å². The maximum absolute atomic E-state index is 12.9. The Hall–Kier alpha value is -3.48. The van der Waals surface area contributed by atoms with Crippen molar-refractivity contribution in [2.24, 2.45) is 0 Å². The molecule has 0 saturated carbocycles. The van der Waals surface area contributed by atoms with E-state index in [0.29, 0.717) is 36.1 Å². The van der Waals surface area contributed by atoms with Crippen molar-refractivity contribution in [1.82, 2.24) is 5.32 Å². The van der Waals surface area contributed by atoms with Gasteiger partial charge in [0.1, 0.15) is 19.0 Å². The van der Waals surface area contributed by atoms with E-state index in [4.69, 9.17) is 14.2 Å². The van der Waals surface area contributed by atoms with Crippen LogP contribution in [-0.4, -0.2) is 44.7 Å². The standard InChI is InChI=1S/C21H20N2O5/c1-22-21(25)19-13-23(15-4-2-3-5-16(15)28-19)20(24)9-7-14-6-8-17-18(12-14)27-11-10-26-17/h2-9,12,19H,10-11,13H2,1H3,(H,22,25)/b9-7+/t19-/m1/s1. The van der Waals surface area contributed by atoms with Crippen molar-refractivity contribution in [3.63, 3.8) is 0 Å². The van der Waals surface area contributed by atoms with E-state index in [2.05, 4.69) is 5.32 Å². The number of nitrogens with zero attached hydrogens (tertiary/aromatic N) is 1. The molecule has 0 bridgehead atoms. The van der Waals surface area contributed by atoms with Gasteiger partial charge < -0.3 is 24.4 Å². The zero-order valence-corrected chi connectivity index (χ0v) is 15.4. The molecule has 2 amide bonds. The number of para-hydroxylation sites is 2. The van der Waals surface area contributed by atoms with Crippen LogP contribution in [0.4, 0.5) is 5.69 Å². The Bertz CT molecular complexity index is 940. The van der Waals surface area contributed by atoms with Gasteiger partial charge >= 0.3 is 0 Å². The lowest BCUT2D eigenvalue weighted by atomic mass is 10.1. The molecule has 0 saturated heterocycles. The van der Waals surface area contributed by atoms with Gasteiger partial charge in [0.05, 0.1) is 12.2 Å². The summed E-state index contributed by atoms with van der Waals surface area (Å²) in [6, 6.07) is 12.7. The third-order valence-electron chi connectivity index (χ3n) is 4.56. The van der Waals surface area contributed by atoms with E-state index in [0.717, 1.165) is 5.56 Å². The van der Waals surface area contributed by atoms with Gasteiger partial charge in [0.2, 0.25) is 0 Å². The fourth-order valence-corrected chi connectivity index (χ4v) is 3.16. The van der Waals surface area contributed by atoms with E-state index in [1.54, 1.807) is 36.2 Å². The molecule has 1 N–H and O–H groups in total. The summed E-state index contributed by atoms with van der Waals surface area (Å²) in [5.41, 5.74) is 1.46. The Morgan fingerprint density at radius 1 is 1.07 bits per heavy atom. The third kappa shape index (κ3) is 3.51. The van der Waals surface area contributed by atoms with Crippen LogP contribution in [0.5, 0.6) is 17.2 Å². The van der Waals surface area contributed by atoms with Crippen LogP contribution in [0.1, 0.15) is 5.56 Å². The highest BCUT2D eigenvalue weighted by atomic mass is 16.6. The second-order valence-corrected chi connectivity index (χ2v) is 6.37. The Morgan fingerprint density at radius 2 is 1.86 bits per heavy atom. The average molecular weight is 380 g/mol. The molecule has 7 heteroatoms.